The van der Waals surface area contributed by atoms with Gasteiger partial charge in [0.25, 0.3) is 5.91 Å². The Morgan fingerprint density at radius 1 is 1.23 bits per heavy atom. The van der Waals surface area contributed by atoms with E-state index in [0.29, 0.717) is 22.6 Å². The minimum Gasteiger partial charge on any atom is -0.497 e. The van der Waals surface area contributed by atoms with E-state index in [1.807, 2.05) is 64.1 Å². The van der Waals surface area contributed by atoms with Gasteiger partial charge in [-0.05, 0) is 63.1 Å². The number of amides is 1. The minimum atomic E-state index is -0.182. The summed E-state index contributed by atoms with van der Waals surface area (Å²) in [4.78, 5) is 25.0. The first kappa shape index (κ1) is 23.6. The van der Waals surface area contributed by atoms with E-state index in [2.05, 4.69) is 26.8 Å². The van der Waals surface area contributed by atoms with Crippen molar-refractivity contribution in [2.24, 2.45) is 0 Å². The van der Waals surface area contributed by atoms with Crippen LogP contribution in [-0.4, -0.2) is 28.0 Å². The molecule has 3 rings (SSSR count). The molecule has 0 aliphatic heterocycles. The van der Waals surface area contributed by atoms with Crippen LogP contribution >= 0.6 is 0 Å². The van der Waals surface area contributed by atoms with Crippen molar-refractivity contribution in [2.75, 3.05) is 7.11 Å². The van der Waals surface area contributed by atoms with Crippen molar-refractivity contribution in [3.05, 3.63) is 78.2 Å². The molecule has 0 atom stereocenters. The molecule has 0 spiro atoms. The first-order valence-electron chi connectivity index (χ1n) is 10.2. The zero-order valence-corrected chi connectivity index (χ0v) is 18.8. The largest absolute Gasteiger partial charge is 0.497 e. The number of H-pyrrole nitrogens is 1. The predicted molar refractivity (Wildman–Crippen MR) is 127 cm³/mol. The number of carbonyl (C=O) groups is 1. The molecule has 6 nitrogen and oxygen atoms in total. The lowest BCUT2D eigenvalue weighted by Crippen LogP contribution is -2.23. The molecule has 0 saturated heterocycles. The molecule has 0 fully saturated rings. The Hall–Kier alpha value is -3.67. The fourth-order valence-corrected chi connectivity index (χ4v) is 3.01. The second kappa shape index (κ2) is 11.5. The normalized spacial score (nSPS) is 11.5. The molecule has 0 unspecified atom stereocenters. The van der Waals surface area contributed by atoms with Crippen LogP contribution in [0.25, 0.3) is 22.6 Å². The number of aromatic amines is 1. The summed E-state index contributed by atoms with van der Waals surface area (Å²) in [5.41, 5.74) is 4.45. The van der Waals surface area contributed by atoms with Gasteiger partial charge in [-0.15, -0.1) is 6.58 Å². The zero-order valence-electron chi connectivity index (χ0n) is 18.8. The lowest BCUT2D eigenvalue weighted by molar-refractivity contribution is 0.0966. The van der Waals surface area contributed by atoms with Crippen LogP contribution in [0.3, 0.4) is 0 Å². The summed E-state index contributed by atoms with van der Waals surface area (Å²) in [7, 11) is 1.63. The van der Waals surface area contributed by atoms with Gasteiger partial charge in [0, 0.05) is 17.5 Å². The molecule has 31 heavy (non-hydrogen) atoms. The lowest BCUT2D eigenvalue weighted by Gasteiger charge is -2.10. The molecule has 0 bridgehead atoms. The number of imidazole rings is 1. The Morgan fingerprint density at radius 3 is 2.48 bits per heavy atom. The molecule has 3 aromatic rings. The van der Waals surface area contributed by atoms with Crippen LogP contribution in [0.1, 0.15) is 44.5 Å². The average molecular weight is 419 g/mol. The van der Waals surface area contributed by atoms with Gasteiger partial charge in [0.1, 0.15) is 11.6 Å². The number of carbonyl (C=O) groups excluding carboxylic acids is 1. The van der Waals surface area contributed by atoms with Crippen molar-refractivity contribution < 1.29 is 9.53 Å². The van der Waals surface area contributed by atoms with Crippen LogP contribution in [0.4, 0.5) is 0 Å². The number of aromatic nitrogens is 3. The molecule has 0 aliphatic carbocycles. The van der Waals surface area contributed by atoms with Crippen molar-refractivity contribution in [1.82, 2.24) is 20.3 Å². The number of hydrogen-bond acceptors (Lipinski definition) is 4. The van der Waals surface area contributed by atoms with Gasteiger partial charge in [-0.2, -0.15) is 0 Å². The van der Waals surface area contributed by atoms with Crippen molar-refractivity contribution in [1.29, 1.82) is 0 Å². The summed E-state index contributed by atoms with van der Waals surface area (Å²) < 4.78 is 5.19. The van der Waals surface area contributed by atoms with E-state index in [1.54, 1.807) is 25.4 Å². The highest BCUT2D eigenvalue weighted by molar-refractivity contribution is 6.05. The number of methoxy groups -OCH3 is 1. The molecule has 6 heteroatoms. The number of ether oxygens (including phenoxy) is 1. The van der Waals surface area contributed by atoms with Gasteiger partial charge in [0.05, 0.1) is 18.2 Å². The number of nitrogens with one attached hydrogen (secondary N) is 2. The third kappa shape index (κ3) is 5.92. The van der Waals surface area contributed by atoms with E-state index in [9.17, 15) is 4.79 Å². The van der Waals surface area contributed by atoms with Gasteiger partial charge in [-0.25, -0.2) is 9.97 Å². The fourth-order valence-electron chi connectivity index (χ4n) is 3.01. The van der Waals surface area contributed by atoms with Crippen LogP contribution in [0, 0.1) is 0 Å². The topological polar surface area (TPSA) is 79.9 Å². The molecule has 1 aromatic carbocycles. The van der Waals surface area contributed by atoms with Crippen molar-refractivity contribution in [3.63, 3.8) is 0 Å². The summed E-state index contributed by atoms with van der Waals surface area (Å²) in [6, 6.07) is 9.26. The van der Waals surface area contributed by atoms with Gasteiger partial charge in [0.15, 0.2) is 5.65 Å². The Kier molecular flexibility index (Phi) is 8.76. The van der Waals surface area contributed by atoms with Gasteiger partial charge < -0.3 is 15.0 Å². The van der Waals surface area contributed by atoms with Gasteiger partial charge in [0.2, 0.25) is 0 Å². The van der Waals surface area contributed by atoms with Gasteiger partial charge in [-0.3, -0.25) is 4.79 Å². The number of rotatable bonds is 6. The number of benzene rings is 1. The van der Waals surface area contributed by atoms with Crippen LogP contribution in [0.2, 0.25) is 0 Å². The average Bonchev–Trinajstić information content (AvgIpc) is 3.22. The van der Waals surface area contributed by atoms with E-state index >= 15 is 0 Å². The van der Waals surface area contributed by atoms with Crippen molar-refractivity contribution in [3.8, 4) is 17.1 Å². The number of fused-ring (bicyclic) bond motifs is 1. The summed E-state index contributed by atoms with van der Waals surface area (Å²) in [5, 5.41) is 3.02. The maximum absolute atomic E-state index is 12.9. The van der Waals surface area contributed by atoms with E-state index in [4.69, 9.17) is 4.74 Å². The highest BCUT2D eigenvalue weighted by Crippen LogP contribution is 2.24. The molecule has 2 aromatic heterocycles. The molecule has 0 saturated carbocycles. The SMILES string of the molecule is C/C=C\C(C)=C(/CC)NC(=O)c1ccnc2nc(-c3ccc(OC)cc3)[nH]c12.C=CC. The minimum absolute atomic E-state index is 0.182. The zero-order chi connectivity index (χ0) is 22.8. The third-order valence-corrected chi connectivity index (χ3v) is 4.51. The van der Waals surface area contributed by atoms with Gasteiger partial charge in [-0.1, -0.05) is 25.2 Å². The van der Waals surface area contributed by atoms with E-state index in [0.717, 1.165) is 29.0 Å². The second-order valence-corrected chi connectivity index (χ2v) is 6.75. The summed E-state index contributed by atoms with van der Waals surface area (Å²) >= 11 is 0. The van der Waals surface area contributed by atoms with E-state index in [1.165, 1.54) is 0 Å². The highest BCUT2D eigenvalue weighted by Gasteiger charge is 2.16. The van der Waals surface area contributed by atoms with E-state index < -0.39 is 0 Å². The molecule has 2 N–H and O–H groups in total. The van der Waals surface area contributed by atoms with E-state index in [-0.39, 0.29) is 5.91 Å². The number of allylic oxidation sites excluding steroid dienone is 5. The van der Waals surface area contributed by atoms with Crippen LogP contribution in [0.15, 0.2) is 72.6 Å². The lowest BCUT2D eigenvalue weighted by atomic mass is 10.1. The standard InChI is InChI=1S/C22H24N4O2.C3H6/c1-5-7-14(3)18(6-2)24-22(27)17-12-13-23-21-19(17)25-20(26-21)15-8-10-16(28-4)11-9-15;1-3-2/h5,7-13H,6H2,1-4H3,(H,24,27)(H,23,25,26);3H,1H2,2H3/b7-5-,18-14+;. The first-order chi connectivity index (χ1) is 15.0. The molecule has 1 amide bonds. The van der Waals surface area contributed by atoms with Crippen molar-refractivity contribution >= 4 is 17.1 Å². The number of pyridine rings is 1. The van der Waals surface area contributed by atoms with Crippen LogP contribution < -0.4 is 10.1 Å². The monoisotopic (exact) mass is 418 g/mol. The number of nitrogens with zero attached hydrogens (tertiary/aromatic N) is 2. The summed E-state index contributed by atoms with van der Waals surface area (Å²) in [5.74, 6) is 1.24. The number of hydrogen-bond donors (Lipinski definition) is 2. The maximum Gasteiger partial charge on any atom is 0.257 e. The molecule has 0 aliphatic rings. The Morgan fingerprint density at radius 2 is 1.90 bits per heavy atom. The smallest absolute Gasteiger partial charge is 0.257 e. The molecular formula is C25H30N4O2. The van der Waals surface area contributed by atoms with Crippen molar-refractivity contribution in [2.45, 2.75) is 34.1 Å². The molecule has 0 radical (unpaired) electrons. The summed E-state index contributed by atoms with van der Waals surface area (Å²) in [6.07, 6.45) is 8.03. The summed E-state index contributed by atoms with van der Waals surface area (Å²) in [6.45, 7) is 11.2. The molecular weight excluding hydrogens is 388 g/mol. The van der Waals surface area contributed by atoms with Gasteiger partial charge >= 0.3 is 0 Å². The maximum atomic E-state index is 12.9. The fraction of sp³-hybridized carbons (Fsp3) is 0.240. The molecule has 2 heterocycles. The molecule has 162 valence electrons. The second-order valence-electron chi connectivity index (χ2n) is 6.75. The van der Waals surface area contributed by atoms with Crippen LogP contribution in [0.5, 0.6) is 5.75 Å². The highest BCUT2D eigenvalue weighted by atomic mass is 16.5. The predicted octanol–water partition coefficient (Wildman–Crippen LogP) is 5.82. The Labute approximate surface area is 183 Å². The Balaban J connectivity index is 0.00000107. The third-order valence-electron chi connectivity index (χ3n) is 4.51. The first-order valence-corrected chi connectivity index (χ1v) is 10.2. The van der Waals surface area contributed by atoms with Crippen LogP contribution in [-0.2, 0) is 0 Å². The Bertz CT molecular complexity index is 1090. The quantitative estimate of drug-likeness (QED) is 0.391.